The number of nitrogens with zero attached hydrogens (tertiary/aromatic N) is 2. The predicted molar refractivity (Wildman–Crippen MR) is 100 cm³/mol. The van der Waals surface area contributed by atoms with E-state index in [0.717, 1.165) is 5.56 Å². The fraction of sp³-hybridized carbons (Fsp3) is 0.500. The highest BCUT2D eigenvalue weighted by Crippen LogP contribution is 2.41. The normalized spacial score (nSPS) is 18.0. The molecule has 0 saturated carbocycles. The summed E-state index contributed by atoms with van der Waals surface area (Å²) in [6.07, 6.45) is 0. The van der Waals surface area contributed by atoms with Crippen LogP contribution in [-0.2, 0) is 9.59 Å². The number of methoxy groups -OCH3 is 1. The maximum Gasteiger partial charge on any atom is 0.290 e. The minimum atomic E-state index is -0.710. The molecule has 1 amide bonds. The smallest absolute Gasteiger partial charge is 0.290 e. The maximum atomic E-state index is 13.0. The summed E-state index contributed by atoms with van der Waals surface area (Å²) in [5, 5.41) is 10.5. The van der Waals surface area contributed by atoms with Crippen LogP contribution in [0.3, 0.4) is 0 Å². The van der Waals surface area contributed by atoms with Gasteiger partial charge in [0.2, 0.25) is 0 Å². The maximum absolute atomic E-state index is 13.0. The molecule has 0 spiro atoms. The van der Waals surface area contributed by atoms with Gasteiger partial charge in [0.1, 0.15) is 5.75 Å². The lowest BCUT2D eigenvalue weighted by atomic mass is 9.82. The summed E-state index contributed by atoms with van der Waals surface area (Å²) in [7, 11) is 5.39. The minimum absolute atomic E-state index is 0.162. The van der Waals surface area contributed by atoms with Crippen molar-refractivity contribution in [2.75, 3.05) is 34.3 Å². The zero-order valence-corrected chi connectivity index (χ0v) is 16.4. The lowest BCUT2D eigenvalue weighted by molar-refractivity contribution is -0.129. The van der Waals surface area contributed by atoms with E-state index in [1.54, 1.807) is 44.9 Å². The van der Waals surface area contributed by atoms with Crippen molar-refractivity contribution in [3.8, 4) is 5.75 Å². The van der Waals surface area contributed by atoms with E-state index < -0.39 is 23.1 Å². The molecule has 0 radical (unpaired) electrons. The molecule has 142 valence electrons. The van der Waals surface area contributed by atoms with Crippen LogP contribution in [0.4, 0.5) is 0 Å². The largest absolute Gasteiger partial charge is 0.503 e. The Morgan fingerprint density at radius 2 is 1.96 bits per heavy atom. The molecule has 0 saturated heterocycles. The molecule has 1 aromatic rings. The van der Waals surface area contributed by atoms with Crippen LogP contribution < -0.4 is 4.74 Å². The molecule has 26 heavy (non-hydrogen) atoms. The van der Waals surface area contributed by atoms with Gasteiger partial charge in [-0.05, 0) is 31.8 Å². The molecular formula is C20H28N2O4. The van der Waals surface area contributed by atoms with Crippen LogP contribution in [0.5, 0.6) is 5.75 Å². The first-order chi connectivity index (χ1) is 12.1. The number of aliphatic hydroxyl groups is 1. The first-order valence-electron chi connectivity index (χ1n) is 8.65. The zero-order valence-electron chi connectivity index (χ0n) is 16.4. The Labute approximate surface area is 155 Å². The van der Waals surface area contributed by atoms with E-state index in [1.807, 2.05) is 31.1 Å². The number of likely N-dealkylation sites (N-methyl/N-ethyl adjacent to an activating group) is 1. The number of ketones is 1. The summed E-state index contributed by atoms with van der Waals surface area (Å²) in [6, 6.07) is 6.65. The van der Waals surface area contributed by atoms with Gasteiger partial charge in [0.05, 0.1) is 18.7 Å². The van der Waals surface area contributed by atoms with Crippen molar-refractivity contribution in [1.82, 2.24) is 9.80 Å². The predicted octanol–water partition coefficient (Wildman–Crippen LogP) is 2.57. The number of hydrogen-bond donors (Lipinski definition) is 1. The molecular weight excluding hydrogens is 332 g/mol. The number of amides is 1. The van der Waals surface area contributed by atoms with Gasteiger partial charge in [-0.15, -0.1) is 0 Å². The summed E-state index contributed by atoms with van der Waals surface area (Å²) in [6.45, 7) is 6.37. The molecule has 1 unspecified atom stereocenters. The van der Waals surface area contributed by atoms with Gasteiger partial charge in [0, 0.05) is 18.5 Å². The Morgan fingerprint density at radius 1 is 1.31 bits per heavy atom. The number of carbonyl (C=O) groups excluding carboxylic acids is 2. The van der Waals surface area contributed by atoms with Crippen LogP contribution >= 0.6 is 0 Å². The van der Waals surface area contributed by atoms with Crippen molar-refractivity contribution in [2.24, 2.45) is 5.41 Å². The molecule has 6 heteroatoms. The fourth-order valence-electron chi connectivity index (χ4n) is 2.99. The first-order valence-corrected chi connectivity index (χ1v) is 8.65. The second-order valence-corrected chi connectivity index (χ2v) is 7.82. The van der Waals surface area contributed by atoms with Crippen molar-refractivity contribution in [3.63, 3.8) is 0 Å². The average molecular weight is 360 g/mol. The van der Waals surface area contributed by atoms with Crippen LogP contribution in [0.25, 0.3) is 0 Å². The minimum Gasteiger partial charge on any atom is -0.503 e. The van der Waals surface area contributed by atoms with Gasteiger partial charge in [-0.1, -0.05) is 32.9 Å². The number of carbonyl (C=O) groups is 2. The van der Waals surface area contributed by atoms with Gasteiger partial charge in [-0.2, -0.15) is 0 Å². The summed E-state index contributed by atoms with van der Waals surface area (Å²) in [5.74, 6) is -0.552. The van der Waals surface area contributed by atoms with E-state index in [2.05, 4.69) is 0 Å². The number of rotatable bonds is 6. The third kappa shape index (κ3) is 3.90. The Morgan fingerprint density at radius 3 is 2.50 bits per heavy atom. The number of hydrogen-bond acceptors (Lipinski definition) is 5. The van der Waals surface area contributed by atoms with Crippen molar-refractivity contribution in [3.05, 3.63) is 41.2 Å². The fourth-order valence-corrected chi connectivity index (χ4v) is 2.99. The lowest BCUT2D eigenvalue weighted by Crippen LogP contribution is -2.37. The second-order valence-electron chi connectivity index (χ2n) is 7.82. The van der Waals surface area contributed by atoms with E-state index in [4.69, 9.17) is 4.74 Å². The van der Waals surface area contributed by atoms with Crippen LogP contribution in [0.15, 0.2) is 35.6 Å². The molecule has 0 fully saturated rings. The van der Waals surface area contributed by atoms with Gasteiger partial charge in [-0.3, -0.25) is 9.59 Å². The standard InChI is InChI=1S/C20H28N2O4/c1-20(2,3)18(24)15-16(13-8-7-9-14(12-13)26-6)22(11-10-21(4)5)19(25)17(15)23/h7-9,12,16,23H,10-11H2,1-6H3. The molecule has 1 heterocycles. The summed E-state index contributed by atoms with van der Waals surface area (Å²) >= 11 is 0. The molecule has 2 rings (SSSR count). The van der Waals surface area contributed by atoms with E-state index in [0.29, 0.717) is 18.8 Å². The highest BCUT2D eigenvalue weighted by Gasteiger charge is 2.45. The molecule has 1 aliphatic rings. The van der Waals surface area contributed by atoms with Gasteiger partial charge >= 0.3 is 0 Å². The molecule has 1 aliphatic heterocycles. The van der Waals surface area contributed by atoms with Crippen molar-refractivity contribution < 1.29 is 19.4 Å². The van der Waals surface area contributed by atoms with Gasteiger partial charge < -0.3 is 19.6 Å². The van der Waals surface area contributed by atoms with Crippen LogP contribution in [0.1, 0.15) is 32.4 Å². The SMILES string of the molecule is COc1cccc(C2C(C(=O)C(C)(C)C)=C(O)C(=O)N2CCN(C)C)c1. The Bertz CT molecular complexity index is 732. The molecule has 1 atom stereocenters. The molecule has 0 aliphatic carbocycles. The van der Waals surface area contributed by atoms with Crippen molar-refractivity contribution in [1.29, 1.82) is 0 Å². The average Bonchev–Trinajstić information content (AvgIpc) is 2.82. The number of aliphatic hydroxyl groups excluding tert-OH is 1. The zero-order chi connectivity index (χ0) is 19.6. The summed E-state index contributed by atoms with van der Waals surface area (Å²) < 4.78 is 5.29. The summed E-state index contributed by atoms with van der Waals surface area (Å²) in [5.41, 5.74) is 0.195. The Hall–Kier alpha value is -2.34. The molecule has 1 N–H and O–H groups in total. The number of ether oxygens (including phenoxy) is 1. The lowest BCUT2D eigenvalue weighted by Gasteiger charge is -2.29. The van der Waals surface area contributed by atoms with Crippen molar-refractivity contribution in [2.45, 2.75) is 26.8 Å². The molecule has 0 bridgehead atoms. The highest BCUT2D eigenvalue weighted by molar-refractivity contribution is 6.10. The topological polar surface area (TPSA) is 70.1 Å². The van der Waals surface area contributed by atoms with Gasteiger partial charge in [0.25, 0.3) is 5.91 Å². The Balaban J connectivity index is 2.55. The molecule has 6 nitrogen and oxygen atoms in total. The molecule has 1 aromatic carbocycles. The van der Waals surface area contributed by atoms with E-state index in [9.17, 15) is 14.7 Å². The monoisotopic (exact) mass is 360 g/mol. The third-order valence-electron chi connectivity index (χ3n) is 4.43. The van der Waals surface area contributed by atoms with Crippen LogP contribution in [0.2, 0.25) is 0 Å². The van der Waals surface area contributed by atoms with Gasteiger partial charge in [-0.25, -0.2) is 0 Å². The van der Waals surface area contributed by atoms with Gasteiger partial charge in [0.15, 0.2) is 11.5 Å². The van der Waals surface area contributed by atoms with Crippen molar-refractivity contribution >= 4 is 11.7 Å². The van der Waals surface area contributed by atoms with Crippen LogP contribution in [0, 0.1) is 5.41 Å². The highest BCUT2D eigenvalue weighted by atomic mass is 16.5. The van der Waals surface area contributed by atoms with Crippen LogP contribution in [-0.4, -0.2) is 60.9 Å². The number of benzene rings is 1. The molecule has 0 aromatic heterocycles. The summed E-state index contributed by atoms with van der Waals surface area (Å²) in [4.78, 5) is 29.2. The first kappa shape index (κ1) is 20.0. The third-order valence-corrected chi connectivity index (χ3v) is 4.43. The second kappa shape index (κ2) is 7.50. The van der Waals surface area contributed by atoms with E-state index in [1.165, 1.54) is 0 Å². The van der Waals surface area contributed by atoms with E-state index >= 15 is 0 Å². The quantitative estimate of drug-likeness (QED) is 0.844. The number of Topliss-reactive ketones (excluding diaryl/α,β-unsaturated/α-hetero) is 1. The van der Waals surface area contributed by atoms with E-state index in [-0.39, 0.29) is 11.4 Å². The Kier molecular flexibility index (Phi) is 5.76.